The molecule has 3 heteroatoms. The molecule has 0 atom stereocenters. The van der Waals surface area contributed by atoms with E-state index in [4.69, 9.17) is 0 Å². The highest BCUT2D eigenvalue weighted by atomic mass is 16.3. The van der Waals surface area contributed by atoms with Gasteiger partial charge in [-0.05, 0) is 57.2 Å². The van der Waals surface area contributed by atoms with Crippen LogP contribution in [0.5, 0.6) is 0 Å². The van der Waals surface area contributed by atoms with E-state index in [9.17, 15) is 5.11 Å². The summed E-state index contributed by atoms with van der Waals surface area (Å²) in [5, 5.41) is 13.0. The maximum Gasteiger partial charge on any atom is 0.0540 e. The standard InChI is InChI=1S/C14H24N2O/c1-2-16-9-3-4-13(16)11-15-10-12-5-7-14(17)8-6-12/h3-4,9,12,14-15,17H,2,5-8,10-11H2,1H3. The summed E-state index contributed by atoms with van der Waals surface area (Å²) in [6.45, 7) is 5.26. The van der Waals surface area contributed by atoms with E-state index in [0.717, 1.165) is 38.4 Å². The number of rotatable bonds is 5. The molecule has 2 rings (SSSR count). The normalized spacial score (nSPS) is 25.1. The number of aliphatic hydroxyl groups is 1. The molecule has 1 aromatic heterocycles. The first-order chi connectivity index (χ1) is 8.29. The summed E-state index contributed by atoms with van der Waals surface area (Å²) in [7, 11) is 0. The molecule has 96 valence electrons. The molecule has 3 nitrogen and oxygen atoms in total. The zero-order valence-corrected chi connectivity index (χ0v) is 10.7. The Labute approximate surface area is 104 Å². The topological polar surface area (TPSA) is 37.2 Å². The van der Waals surface area contributed by atoms with Gasteiger partial charge < -0.3 is 15.0 Å². The first-order valence-corrected chi connectivity index (χ1v) is 6.82. The molecule has 0 aliphatic heterocycles. The first-order valence-electron chi connectivity index (χ1n) is 6.82. The molecule has 1 aliphatic rings. The van der Waals surface area contributed by atoms with Gasteiger partial charge in [-0.15, -0.1) is 0 Å². The molecule has 0 aromatic carbocycles. The van der Waals surface area contributed by atoms with Crippen LogP contribution in [0.1, 0.15) is 38.3 Å². The Balaban J connectivity index is 1.69. The van der Waals surface area contributed by atoms with Crippen molar-refractivity contribution in [1.82, 2.24) is 9.88 Å². The molecule has 1 heterocycles. The third-order valence-corrected chi connectivity index (χ3v) is 3.82. The van der Waals surface area contributed by atoms with Crippen LogP contribution in [0.3, 0.4) is 0 Å². The summed E-state index contributed by atoms with van der Waals surface area (Å²) in [5.74, 6) is 0.753. The van der Waals surface area contributed by atoms with Crippen LogP contribution in [-0.2, 0) is 13.1 Å². The molecular weight excluding hydrogens is 212 g/mol. The lowest BCUT2D eigenvalue weighted by Gasteiger charge is -2.25. The largest absolute Gasteiger partial charge is 0.393 e. The van der Waals surface area contributed by atoms with Crippen molar-refractivity contribution < 1.29 is 5.11 Å². The fraction of sp³-hybridized carbons (Fsp3) is 0.714. The molecule has 1 aliphatic carbocycles. The minimum Gasteiger partial charge on any atom is -0.393 e. The Bertz CT molecular complexity index is 327. The number of hydrogen-bond donors (Lipinski definition) is 2. The number of aromatic nitrogens is 1. The third-order valence-electron chi connectivity index (χ3n) is 3.82. The average Bonchev–Trinajstić information content (AvgIpc) is 2.79. The van der Waals surface area contributed by atoms with E-state index in [1.54, 1.807) is 0 Å². The van der Waals surface area contributed by atoms with Crippen LogP contribution in [0.15, 0.2) is 18.3 Å². The SMILES string of the molecule is CCn1cccc1CNCC1CCC(O)CC1. The fourth-order valence-corrected chi connectivity index (χ4v) is 2.67. The minimum absolute atomic E-state index is 0.0384. The van der Waals surface area contributed by atoms with Gasteiger partial charge in [0.15, 0.2) is 0 Å². The van der Waals surface area contributed by atoms with Gasteiger partial charge in [0.1, 0.15) is 0 Å². The van der Waals surface area contributed by atoms with E-state index < -0.39 is 0 Å². The van der Waals surface area contributed by atoms with Crippen molar-refractivity contribution in [2.45, 2.75) is 51.8 Å². The number of aryl methyl sites for hydroxylation is 1. The van der Waals surface area contributed by atoms with Crippen LogP contribution in [0.4, 0.5) is 0 Å². The van der Waals surface area contributed by atoms with Crippen LogP contribution in [0.2, 0.25) is 0 Å². The zero-order chi connectivity index (χ0) is 12.1. The number of aliphatic hydroxyl groups excluding tert-OH is 1. The molecule has 0 unspecified atom stereocenters. The average molecular weight is 236 g/mol. The van der Waals surface area contributed by atoms with Crippen molar-refractivity contribution in [2.24, 2.45) is 5.92 Å². The van der Waals surface area contributed by atoms with Crippen molar-refractivity contribution in [3.8, 4) is 0 Å². The Morgan fingerprint density at radius 1 is 1.35 bits per heavy atom. The molecule has 0 radical (unpaired) electrons. The third kappa shape index (κ3) is 3.58. The highest BCUT2D eigenvalue weighted by Crippen LogP contribution is 2.23. The molecule has 0 saturated heterocycles. The van der Waals surface area contributed by atoms with Crippen LogP contribution < -0.4 is 5.32 Å². The maximum atomic E-state index is 9.45. The van der Waals surface area contributed by atoms with Crippen molar-refractivity contribution in [3.05, 3.63) is 24.0 Å². The lowest BCUT2D eigenvalue weighted by molar-refractivity contribution is 0.108. The van der Waals surface area contributed by atoms with Crippen molar-refractivity contribution >= 4 is 0 Å². The Morgan fingerprint density at radius 2 is 2.12 bits per heavy atom. The van der Waals surface area contributed by atoms with E-state index in [0.29, 0.717) is 0 Å². The molecular formula is C14H24N2O. The first kappa shape index (κ1) is 12.7. The molecule has 1 fully saturated rings. The molecule has 0 amide bonds. The predicted molar refractivity (Wildman–Crippen MR) is 69.8 cm³/mol. The Morgan fingerprint density at radius 3 is 2.82 bits per heavy atom. The minimum atomic E-state index is -0.0384. The summed E-state index contributed by atoms with van der Waals surface area (Å²) >= 11 is 0. The highest BCUT2D eigenvalue weighted by Gasteiger charge is 2.18. The fourth-order valence-electron chi connectivity index (χ4n) is 2.67. The van der Waals surface area contributed by atoms with Gasteiger partial charge in [-0.1, -0.05) is 0 Å². The second kappa shape index (κ2) is 6.22. The molecule has 1 aromatic rings. The smallest absolute Gasteiger partial charge is 0.0540 e. The van der Waals surface area contributed by atoms with Gasteiger partial charge in [-0.3, -0.25) is 0 Å². The highest BCUT2D eigenvalue weighted by molar-refractivity contribution is 5.06. The summed E-state index contributed by atoms with van der Waals surface area (Å²) in [4.78, 5) is 0. The zero-order valence-electron chi connectivity index (χ0n) is 10.7. The molecule has 2 N–H and O–H groups in total. The van der Waals surface area contributed by atoms with Gasteiger partial charge in [0.05, 0.1) is 6.10 Å². The predicted octanol–water partition coefficient (Wildman–Crippen LogP) is 2.15. The van der Waals surface area contributed by atoms with Gasteiger partial charge in [0.25, 0.3) is 0 Å². The second-order valence-electron chi connectivity index (χ2n) is 5.09. The summed E-state index contributed by atoms with van der Waals surface area (Å²) in [6.07, 6.45) is 6.40. The number of hydrogen-bond acceptors (Lipinski definition) is 2. The summed E-state index contributed by atoms with van der Waals surface area (Å²) in [5.41, 5.74) is 1.36. The monoisotopic (exact) mass is 236 g/mol. The molecule has 17 heavy (non-hydrogen) atoms. The van der Waals surface area contributed by atoms with Crippen molar-refractivity contribution in [2.75, 3.05) is 6.54 Å². The summed E-state index contributed by atoms with van der Waals surface area (Å²) < 4.78 is 2.28. The Hall–Kier alpha value is -0.800. The second-order valence-corrected chi connectivity index (χ2v) is 5.09. The lowest BCUT2D eigenvalue weighted by Crippen LogP contribution is -2.28. The van der Waals surface area contributed by atoms with Crippen molar-refractivity contribution in [1.29, 1.82) is 0 Å². The van der Waals surface area contributed by atoms with Gasteiger partial charge >= 0.3 is 0 Å². The molecule has 1 saturated carbocycles. The number of nitrogens with zero attached hydrogens (tertiary/aromatic N) is 1. The van der Waals surface area contributed by atoms with Gasteiger partial charge in [0, 0.05) is 25.0 Å². The van der Waals surface area contributed by atoms with Gasteiger partial charge in [-0.25, -0.2) is 0 Å². The maximum absolute atomic E-state index is 9.45. The van der Waals surface area contributed by atoms with E-state index >= 15 is 0 Å². The van der Waals surface area contributed by atoms with E-state index in [1.807, 2.05) is 0 Å². The van der Waals surface area contributed by atoms with Crippen LogP contribution >= 0.6 is 0 Å². The van der Waals surface area contributed by atoms with Gasteiger partial charge in [-0.2, -0.15) is 0 Å². The lowest BCUT2D eigenvalue weighted by atomic mass is 9.87. The quantitative estimate of drug-likeness (QED) is 0.822. The number of nitrogens with one attached hydrogen (secondary N) is 1. The van der Waals surface area contributed by atoms with Gasteiger partial charge in [0.2, 0.25) is 0 Å². The van der Waals surface area contributed by atoms with E-state index in [-0.39, 0.29) is 6.10 Å². The molecule has 0 spiro atoms. The van der Waals surface area contributed by atoms with E-state index in [2.05, 4.69) is 35.1 Å². The van der Waals surface area contributed by atoms with E-state index in [1.165, 1.54) is 18.5 Å². The van der Waals surface area contributed by atoms with Crippen LogP contribution in [0, 0.1) is 5.92 Å². The Kier molecular flexibility index (Phi) is 4.63. The van der Waals surface area contributed by atoms with Crippen LogP contribution in [0.25, 0.3) is 0 Å². The summed E-state index contributed by atoms with van der Waals surface area (Å²) in [6, 6.07) is 4.29. The van der Waals surface area contributed by atoms with Crippen molar-refractivity contribution in [3.63, 3.8) is 0 Å². The molecule has 0 bridgehead atoms. The van der Waals surface area contributed by atoms with Crippen LogP contribution in [-0.4, -0.2) is 22.3 Å².